The third kappa shape index (κ3) is 3.12. The van der Waals surface area contributed by atoms with Gasteiger partial charge in [-0.15, -0.1) is 0 Å². The number of rotatable bonds is 2. The van der Waals surface area contributed by atoms with Crippen LogP contribution in [0.4, 0.5) is 4.39 Å². The molecule has 1 aliphatic rings. The molecule has 0 saturated carbocycles. The zero-order valence-electron chi connectivity index (χ0n) is 13.4. The molecule has 4 rings (SSSR count). The van der Waals surface area contributed by atoms with E-state index in [0.29, 0.717) is 24.0 Å². The Morgan fingerprint density at radius 3 is 2.72 bits per heavy atom. The summed E-state index contributed by atoms with van der Waals surface area (Å²) < 4.78 is 19.7. The minimum Gasteiger partial charge on any atom is -0.440 e. The van der Waals surface area contributed by atoms with Crippen LogP contribution in [0.2, 0.25) is 5.02 Å². The van der Waals surface area contributed by atoms with Crippen molar-refractivity contribution in [3.63, 3.8) is 0 Å². The fourth-order valence-electron chi connectivity index (χ4n) is 3.23. The smallest absolute Gasteiger partial charge is 0.256 e. The van der Waals surface area contributed by atoms with E-state index in [1.54, 1.807) is 4.90 Å². The molecule has 2 heterocycles. The second-order valence-electron chi connectivity index (χ2n) is 6.21. The zero-order chi connectivity index (χ0) is 17.4. The molecule has 1 fully saturated rings. The highest BCUT2D eigenvalue weighted by atomic mass is 35.5. The standard InChI is InChI=1S/C19H16ClFN2O2/c20-13-5-6-15(21)14(11-13)19(24)23-9-7-12(8-10-23)18-22-16-3-1-2-4-17(16)25-18/h1-6,11-12H,7-10H2. The van der Waals surface area contributed by atoms with E-state index in [4.69, 9.17) is 16.0 Å². The van der Waals surface area contributed by atoms with Crippen molar-refractivity contribution in [1.29, 1.82) is 0 Å². The van der Waals surface area contributed by atoms with Gasteiger partial charge in [-0.1, -0.05) is 23.7 Å². The maximum absolute atomic E-state index is 13.9. The van der Waals surface area contributed by atoms with Gasteiger partial charge in [0.15, 0.2) is 11.5 Å². The number of carbonyl (C=O) groups is 1. The van der Waals surface area contributed by atoms with E-state index in [2.05, 4.69) is 4.98 Å². The van der Waals surface area contributed by atoms with Crippen molar-refractivity contribution in [3.8, 4) is 0 Å². The van der Waals surface area contributed by atoms with Crippen LogP contribution in [0.25, 0.3) is 11.1 Å². The molecule has 25 heavy (non-hydrogen) atoms. The average molecular weight is 359 g/mol. The van der Waals surface area contributed by atoms with Gasteiger partial charge in [0.2, 0.25) is 0 Å². The lowest BCUT2D eigenvalue weighted by Gasteiger charge is -2.30. The second-order valence-corrected chi connectivity index (χ2v) is 6.65. The Balaban J connectivity index is 1.47. The van der Waals surface area contributed by atoms with Crippen molar-refractivity contribution >= 4 is 28.6 Å². The Hall–Kier alpha value is -2.40. The quantitative estimate of drug-likeness (QED) is 0.670. The van der Waals surface area contributed by atoms with Crippen molar-refractivity contribution in [2.75, 3.05) is 13.1 Å². The molecule has 0 N–H and O–H groups in total. The molecule has 4 nitrogen and oxygen atoms in total. The van der Waals surface area contributed by atoms with Gasteiger partial charge in [0.1, 0.15) is 11.3 Å². The number of piperidine rings is 1. The first-order valence-corrected chi connectivity index (χ1v) is 8.59. The molecular formula is C19H16ClFN2O2. The molecule has 6 heteroatoms. The van der Waals surface area contributed by atoms with E-state index in [1.807, 2.05) is 24.3 Å². The molecule has 1 aliphatic heterocycles. The lowest BCUT2D eigenvalue weighted by Crippen LogP contribution is -2.38. The summed E-state index contributed by atoms with van der Waals surface area (Å²) in [5, 5.41) is 0.353. The summed E-state index contributed by atoms with van der Waals surface area (Å²) in [6.07, 6.45) is 1.47. The predicted octanol–water partition coefficient (Wildman–Crippen LogP) is 4.64. The van der Waals surface area contributed by atoms with Crippen molar-refractivity contribution in [2.45, 2.75) is 18.8 Å². The maximum Gasteiger partial charge on any atom is 0.256 e. The van der Waals surface area contributed by atoms with Crippen LogP contribution in [-0.4, -0.2) is 28.9 Å². The van der Waals surface area contributed by atoms with Gasteiger partial charge >= 0.3 is 0 Å². The third-order valence-corrected chi connectivity index (χ3v) is 4.84. The summed E-state index contributed by atoms with van der Waals surface area (Å²) >= 11 is 5.88. The molecule has 128 valence electrons. The van der Waals surface area contributed by atoms with Gasteiger partial charge in [-0.2, -0.15) is 0 Å². The van der Waals surface area contributed by atoms with Gasteiger partial charge in [-0.25, -0.2) is 9.37 Å². The number of halogens is 2. The summed E-state index contributed by atoms with van der Waals surface area (Å²) in [5.74, 6) is 0.00869. The normalized spacial score (nSPS) is 15.7. The first kappa shape index (κ1) is 16.1. The van der Waals surface area contributed by atoms with Crippen molar-refractivity contribution in [1.82, 2.24) is 9.88 Å². The van der Waals surface area contributed by atoms with Gasteiger partial charge in [-0.05, 0) is 43.2 Å². The Morgan fingerprint density at radius 1 is 1.20 bits per heavy atom. The van der Waals surface area contributed by atoms with Gasteiger partial charge in [-0.3, -0.25) is 4.79 Å². The fourth-order valence-corrected chi connectivity index (χ4v) is 3.40. The molecule has 0 atom stereocenters. The largest absolute Gasteiger partial charge is 0.440 e. The molecule has 1 aromatic heterocycles. The summed E-state index contributed by atoms with van der Waals surface area (Å²) in [5.41, 5.74) is 1.64. The molecule has 1 saturated heterocycles. The molecule has 3 aromatic rings. The van der Waals surface area contributed by atoms with E-state index in [-0.39, 0.29) is 17.4 Å². The maximum atomic E-state index is 13.9. The Kier molecular flexibility index (Phi) is 4.17. The molecule has 0 spiro atoms. The molecule has 0 aliphatic carbocycles. The van der Waals surface area contributed by atoms with Crippen LogP contribution in [0.1, 0.15) is 35.0 Å². The Morgan fingerprint density at radius 2 is 1.96 bits per heavy atom. The molecule has 2 aromatic carbocycles. The van der Waals surface area contributed by atoms with Crippen molar-refractivity contribution < 1.29 is 13.6 Å². The molecule has 0 bridgehead atoms. The monoisotopic (exact) mass is 358 g/mol. The van der Waals surface area contributed by atoms with Crippen molar-refractivity contribution in [3.05, 3.63) is 64.8 Å². The zero-order valence-corrected chi connectivity index (χ0v) is 14.2. The summed E-state index contributed by atoms with van der Waals surface area (Å²) in [6, 6.07) is 11.7. The summed E-state index contributed by atoms with van der Waals surface area (Å²) in [6.45, 7) is 1.07. The van der Waals surface area contributed by atoms with Crippen LogP contribution in [0, 0.1) is 5.82 Å². The van der Waals surface area contributed by atoms with Gasteiger partial charge in [0.05, 0.1) is 5.56 Å². The van der Waals surface area contributed by atoms with E-state index in [1.165, 1.54) is 18.2 Å². The fraction of sp³-hybridized carbons (Fsp3) is 0.263. The second kappa shape index (κ2) is 6.48. The highest BCUT2D eigenvalue weighted by Crippen LogP contribution is 2.30. The Labute approximate surface area is 149 Å². The summed E-state index contributed by atoms with van der Waals surface area (Å²) in [4.78, 5) is 18.7. The number of benzene rings is 2. The van der Waals surface area contributed by atoms with Crippen LogP contribution in [0.5, 0.6) is 0 Å². The van der Waals surface area contributed by atoms with E-state index in [0.717, 1.165) is 23.9 Å². The number of nitrogens with zero attached hydrogens (tertiary/aromatic N) is 2. The first-order chi connectivity index (χ1) is 12.1. The average Bonchev–Trinajstić information content (AvgIpc) is 3.07. The number of hydrogen-bond acceptors (Lipinski definition) is 3. The minimum absolute atomic E-state index is 0.0211. The number of likely N-dealkylation sites (tertiary alicyclic amines) is 1. The Bertz CT molecular complexity index is 899. The van der Waals surface area contributed by atoms with E-state index < -0.39 is 5.82 Å². The van der Waals surface area contributed by atoms with Crippen LogP contribution in [-0.2, 0) is 0 Å². The topological polar surface area (TPSA) is 46.3 Å². The number of para-hydroxylation sites is 2. The van der Waals surface area contributed by atoms with Crippen LogP contribution < -0.4 is 0 Å². The highest BCUT2D eigenvalue weighted by molar-refractivity contribution is 6.31. The molecule has 0 radical (unpaired) electrons. The number of oxazole rings is 1. The molecule has 0 unspecified atom stereocenters. The summed E-state index contributed by atoms with van der Waals surface area (Å²) in [7, 11) is 0. The van der Waals surface area contributed by atoms with E-state index >= 15 is 0 Å². The van der Waals surface area contributed by atoms with Gasteiger partial charge in [0, 0.05) is 24.0 Å². The molecular weight excluding hydrogens is 343 g/mol. The highest BCUT2D eigenvalue weighted by Gasteiger charge is 2.28. The molecule has 1 amide bonds. The van der Waals surface area contributed by atoms with E-state index in [9.17, 15) is 9.18 Å². The SMILES string of the molecule is O=C(c1cc(Cl)ccc1F)N1CCC(c2nc3ccccc3o2)CC1. The number of aromatic nitrogens is 1. The van der Waals surface area contributed by atoms with Crippen molar-refractivity contribution in [2.24, 2.45) is 0 Å². The minimum atomic E-state index is -0.546. The predicted molar refractivity (Wildman–Crippen MR) is 93.3 cm³/mol. The first-order valence-electron chi connectivity index (χ1n) is 8.21. The lowest BCUT2D eigenvalue weighted by molar-refractivity contribution is 0.0702. The van der Waals surface area contributed by atoms with Crippen LogP contribution >= 0.6 is 11.6 Å². The number of amides is 1. The van der Waals surface area contributed by atoms with Crippen LogP contribution in [0.15, 0.2) is 46.9 Å². The number of carbonyl (C=O) groups excluding carboxylic acids is 1. The number of hydrogen-bond donors (Lipinski definition) is 0. The third-order valence-electron chi connectivity index (χ3n) is 4.60. The van der Waals surface area contributed by atoms with Gasteiger partial charge in [0.25, 0.3) is 5.91 Å². The lowest BCUT2D eigenvalue weighted by atomic mass is 9.96. The van der Waals surface area contributed by atoms with Crippen LogP contribution in [0.3, 0.4) is 0 Å². The van der Waals surface area contributed by atoms with Gasteiger partial charge < -0.3 is 9.32 Å². The number of fused-ring (bicyclic) bond motifs is 1.